The topological polar surface area (TPSA) is 97.5 Å². The lowest BCUT2D eigenvalue weighted by Gasteiger charge is -2.08. The molecule has 1 aromatic carbocycles. The number of aromatic nitrogens is 1. The Morgan fingerprint density at radius 3 is 2.80 bits per heavy atom. The molecular formula is C14H15N3O3. The number of phenolic OH excluding ortho intramolecular Hbond substituents is 1. The Hall–Kier alpha value is -2.76. The van der Waals surface area contributed by atoms with Crippen LogP contribution in [0.15, 0.2) is 36.5 Å². The van der Waals surface area contributed by atoms with Gasteiger partial charge in [0.15, 0.2) is 0 Å². The van der Waals surface area contributed by atoms with Crippen molar-refractivity contribution >= 4 is 17.3 Å². The van der Waals surface area contributed by atoms with Gasteiger partial charge < -0.3 is 20.9 Å². The summed E-state index contributed by atoms with van der Waals surface area (Å²) >= 11 is 0. The lowest BCUT2D eigenvalue weighted by atomic mass is 10.2. The molecule has 2 rings (SSSR count). The van der Waals surface area contributed by atoms with Crippen molar-refractivity contribution in [3.05, 3.63) is 42.2 Å². The number of ether oxygens (including phenoxy) is 1. The van der Waals surface area contributed by atoms with Crippen molar-refractivity contribution in [1.29, 1.82) is 0 Å². The third-order valence-corrected chi connectivity index (χ3v) is 2.67. The quantitative estimate of drug-likeness (QED) is 0.734. The summed E-state index contributed by atoms with van der Waals surface area (Å²) in [6, 6.07) is 8.01. The summed E-state index contributed by atoms with van der Waals surface area (Å²) in [5.41, 5.74) is 6.99. The van der Waals surface area contributed by atoms with E-state index in [0.717, 1.165) is 0 Å². The maximum absolute atomic E-state index is 11.8. The maximum Gasteiger partial charge on any atom is 0.230 e. The number of benzene rings is 1. The van der Waals surface area contributed by atoms with Gasteiger partial charge in [-0.2, -0.15) is 0 Å². The first-order valence-corrected chi connectivity index (χ1v) is 5.96. The number of amides is 1. The van der Waals surface area contributed by atoms with Crippen LogP contribution in [0.5, 0.6) is 11.5 Å². The van der Waals surface area contributed by atoms with Gasteiger partial charge in [0, 0.05) is 11.8 Å². The number of hydrogen-bond acceptors (Lipinski definition) is 5. The molecule has 0 saturated carbocycles. The normalized spacial score (nSPS) is 10.1. The van der Waals surface area contributed by atoms with Gasteiger partial charge in [0.2, 0.25) is 5.91 Å². The van der Waals surface area contributed by atoms with Crippen molar-refractivity contribution in [2.75, 3.05) is 18.2 Å². The number of nitrogens with zero attached hydrogens (tertiary/aromatic N) is 1. The minimum Gasteiger partial charge on any atom is -0.506 e. The molecule has 0 saturated heterocycles. The van der Waals surface area contributed by atoms with Crippen LogP contribution in [0.3, 0.4) is 0 Å². The second kappa shape index (κ2) is 5.92. The molecule has 1 aromatic heterocycles. The van der Waals surface area contributed by atoms with Crippen LogP contribution in [0.2, 0.25) is 0 Å². The standard InChI is InChI=1S/C14H15N3O3/c1-20-11-4-5-12(13(18)7-11)17-14(19)6-10-3-2-9(15)8-16-10/h2-5,7-8,18H,6,15H2,1H3,(H,17,19). The zero-order chi connectivity index (χ0) is 14.5. The fourth-order valence-corrected chi connectivity index (χ4v) is 1.64. The molecule has 0 bridgehead atoms. The van der Waals surface area contributed by atoms with Gasteiger partial charge >= 0.3 is 0 Å². The first kappa shape index (κ1) is 13.7. The van der Waals surface area contributed by atoms with Gasteiger partial charge in [0.25, 0.3) is 0 Å². The number of pyridine rings is 1. The highest BCUT2D eigenvalue weighted by Gasteiger charge is 2.09. The number of carbonyl (C=O) groups excluding carboxylic acids is 1. The Kier molecular flexibility index (Phi) is 4.05. The Balaban J connectivity index is 2.02. The predicted molar refractivity (Wildman–Crippen MR) is 75.6 cm³/mol. The van der Waals surface area contributed by atoms with Crippen LogP contribution in [-0.4, -0.2) is 23.1 Å². The molecule has 6 heteroatoms. The predicted octanol–water partition coefficient (Wildman–Crippen LogP) is 1.56. The maximum atomic E-state index is 11.8. The van der Waals surface area contributed by atoms with Crippen LogP contribution in [0.4, 0.5) is 11.4 Å². The molecule has 0 radical (unpaired) electrons. The van der Waals surface area contributed by atoms with E-state index >= 15 is 0 Å². The van der Waals surface area contributed by atoms with Crippen LogP contribution in [0.1, 0.15) is 5.69 Å². The Morgan fingerprint density at radius 1 is 1.40 bits per heavy atom. The molecule has 0 aliphatic rings. The van der Waals surface area contributed by atoms with Crippen LogP contribution in [-0.2, 0) is 11.2 Å². The zero-order valence-electron chi connectivity index (χ0n) is 11.0. The molecule has 0 aliphatic heterocycles. The molecule has 104 valence electrons. The van der Waals surface area contributed by atoms with Gasteiger partial charge in [-0.15, -0.1) is 0 Å². The van der Waals surface area contributed by atoms with Crippen LogP contribution >= 0.6 is 0 Å². The molecule has 0 atom stereocenters. The summed E-state index contributed by atoms with van der Waals surface area (Å²) in [5, 5.41) is 12.4. The highest BCUT2D eigenvalue weighted by Crippen LogP contribution is 2.27. The second-order valence-corrected chi connectivity index (χ2v) is 4.19. The van der Waals surface area contributed by atoms with E-state index in [4.69, 9.17) is 10.5 Å². The highest BCUT2D eigenvalue weighted by molar-refractivity contribution is 5.93. The van der Waals surface area contributed by atoms with Crippen molar-refractivity contribution in [3.63, 3.8) is 0 Å². The zero-order valence-corrected chi connectivity index (χ0v) is 11.0. The minimum atomic E-state index is -0.275. The SMILES string of the molecule is COc1ccc(NC(=O)Cc2ccc(N)cn2)c(O)c1. The van der Waals surface area contributed by atoms with Crippen molar-refractivity contribution < 1.29 is 14.6 Å². The van der Waals surface area contributed by atoms with Crippen molar-refractivity contribution in [1.82, 2.24) is 4.98 Å². The summed E-state index contributed by atoms with van der Waals surface area (Å²) in [6.45, 7) is 0. The molecule has 20 heavy (non-hydrogen) atoms. The van der Waals surface area contributed by atoms with Crippen molar-refractivity contribution in [3.8, 4) is 11.5 Å². The number of anilines is 2. The average molecular weight is 273 g/mol. The minimum absolute atomic E-state index is 0.0528. The molecule has 6 nitrogen and oxygen atoms in total. The number of phenols is 1. The molecular weight excluding hydrogens is 258 g/mol. The Labute approximate surface area is 116 Å². The van der Waals surface area contributed by atoms with Gasteiger partial charge in [0.1, 0.15) is 11.5 Å². The third-order valence-electron chi connectivity index (χ3n) is 2.67. The fourth-order valence-electron chi connectivity index (χ4n) is 1.64. The summed E-state index contributed by atoms with van der Waals surface area (Å²) in [6.07, 6.45) is 1.60. The first-order valence-electron chi connectivity index (χ1n) is 5.96. The number of aromatic hydroxyl groups is 1. The fraction of sp³-hybridized carbons (Fsp3) is 0.143. The van der Waals surface area contributed by atoms with Crippen LogP contribution < -0.4 is 15.8 Å². The van der Waals surface area contributed by atoms with E-state index in [9.17, 15) is 9.90 Å². The average Bonchev–Trinajstić information content (AvgIpc) is 2.43. The van der Waals surface area contributed by atoms with Crippen LogP contribution in [0.25, 0.3) is 0 Å². The smallest absolute Gasteiger partial charge is 0.230 e. The Bertz CT molecular complexity index is 612. The van der Waals surface area contributed by atoms with E-state index in [1.54, 1.807) is 24.3 Å². The first-order chi connectivity index (χ1) is 9.58. The van der Waals surface area contributed by atoms with E-state index in [-0.39, 0.29) is 18.1 Å². The summed E-state index contributed by atoms with van der Waals surface area (Å²) in [4.78, 5) is 15.9. The number of hydrogen-bond donors (Lipinski definition) is 3. The molecule has 1 heterocycles. The van der Waals surface area contributed by atoms with E-state index in [0.29, 0.717) is 22.8 Å². The molecule has 0 unspecified atom stereocenters. The van der Waals surface area contributed by atoms with Gasteiger partial charge in [-0.25, -0.2) is 0 Å². The molecule has 4 N–H and O–H groups in total. The van der Waals surface area contributed by atoms with E-state index in [1.165, 1.54) is 19.4 Å². The largest absolute Gasteiger partial charge is 0.506 e. The highest BCUT2D eigenvalue weighted by atomic mass is 16.5. The number of rotatable bonds is 4. The number of nitrogens with one attached hydrogen (secondary N) is 1. The third kappa shape index (κ3) is 3.38. The summed E-state index contributed by atoms with van der Waals surface area (Å²) in [7, 11) is 1.50. The van der Waals surface area contributed by atoms with Gasteiger partial charge in [-0.3, -0.25) is 9.78 Å². The van der Waals surface area contributed by atoms with Gasteiger partial charge in [-0.05, 0) is 24.3 Å². The monoisotopic (exact) mass is 273 g/mol. The lowest BCUT2D eigenvalue weighted by Crippen LogP contribution is -2.15. The van der Waals surface area contributed by atoms with Gasteiger partial charge in [-0.1, -0.05) is 0 Å². The number of methoxy groups -OCH3 is 1. The molecule has 2 aromatic rings. The lowest BCUT2D eigenvalue weighted by molar-refractivity contribution is -0.115. The number of nitrogens with two attached hydrogens (primary N) is 1. The number of carbonyl (C=O) groups is 1. The molecule has 0 spiro atoms. The number of nitrogen functional groups attached to an aromatic ring is 1. The van der Waals surface area contributed by atoms with Crippen molar-refractivity contribution in [2.24, 2.45) is 0 Å². The van der Waals surface area contributed by atoms with Crippen LogP contribution in [0, 0.1) is 0 Å². The summed E-state index contributed by atoms with van der Waals surface area (Å²) in [5.74, 6) is 0.186. The summed E-state index contributed by atoms with van der Waals surface area (Å²) < 4.78 is 4.97. The second-order valence-electron chi connectivity index (χ2n) is 4.19. The molecule has 0 fully saturated rings. The Morgan fingerprint density at radius 2 is 2.20 bits per heavy atom. The molecule has 0 aliphatic carbocycles. The molecule has 1 amide bonds. The van der Waals surface area contributed by atoms with Gasteiger partial charge in [0.05, 0.1) is 31.1 Å². The van der Waals surface area contributed by atoms with Crippen molar-refractivity contribution in [2.45, 2.75) is 6.42 Å². The van der Waals surface area contributed by atoms with E-state index < -0.39 is 0 Å². The van der Waals surface area contributed by atoms with E-state index in [2.05, 4.69) is 10.3 Å². The van der Waals surface area contributed by atoms with E-state index in [1.807, 2.05) is 0 Å².